The van der Waals surface area contributed by atoms with Gasteiger partial charge in [-0.25, -0.2) is 0 Å². The molecule has 0 aromatic heterocycles. The minimum absolute atomic E-state index is 0.0000978. The molecule has 9 heteroatoms. The Labute approximate surface area is 341 Å². The van der Waals surface area contributed by atoms with E-state index < -0.39 is 20.0 Å². The van der Waals surface area contributed by atoms with Crippen molar-refractivity contribution in [1.29, 1.82) is 0 Å². The van der Waals surface area contributed by atoms with Crippen molar-refractivity contribution < 1.29 is 32.9 Å². The molecule has 0 fully saturated rings. The predicted octanol–water partition coefficient (Wildman–Crippen LogP) is 12.3. The standard InChI is InChI=1S/C46H91N2O6P/c1-6-8-10-12-14-16-18-20-21-22-23-24-25-26-27-28-30-32-34-36-38-40-46(50)47-44(43-54-55(51,52)53-42-41-48(3,4)5)45(49)39-37-35-33-31-29-19-17-15-13-11-9-7-2/h20-21,37,39,44-45,49H,6-19,22-36,38,40-43H2,1-5H3,(H-,47,50,51,52)/b21-20+,39-37+/t44-,45+/m0/s1. The van der Waals surface area contributed by atoms with Gasteiger partial charge in [0.05, 0.1) is 39.9 Å². The summed E-state index contributed by atoms with van der Waals surface area (Å²) in [5, 5.41) is 13.8. The van der Waals surface area contributed by atoms with Gasteiger partial charge in [-0.05, 0) is 44.9 Å². The average Bonchev–Trinajstić information content (AvgIpc) is 3.13. The molecule has 0 spiro atoms. The number of phosphoric ester groups is 1. The average molecular weight is 799 g/mol. The number of allylic oxidation sites excluding steroid dienone is 3. The normalized spacial score (nSPS) is 14.5. The van der Waals surface area contributed by atoms with E-state index in [0.717, 1.165) is 38.5 Å². The number of phosphoric acid groups is 1. The van der Waals surface area contributed by atoms with Gasteiger partial charge < -0.3 is 28.8 Å². The van der Waals surface area contributed by atoms with E-state index in [1.54, 1.807) is 6.08 Å². The fourth-order valence-electron chi connectivity index (χ4n) is 6.68. The summed E-state index contributed by atoms with van der Waals surface area (Å²) in [6, 6.07) is -0.882. The molecule has 8 nitrogen and oxygen atoms in total. The maximum Gasteiger partial charge on any atom is 0.268 e. The van der Waals surface area contributed by atoms with Crippen molar-refractivity contribution in [3.05, 3.63) is 24.3 Å². The molecule has 0 aromatic rings. The summed E-state index contributed by atoms with van der Waals surface area (Å²) in [7, 11) is 1.26. The van der Waals surface area contributed by atoms with Gasteiger partial charge in [-0.2, -0.15) is 0 Å². The highest BCUT2D eigenvalue weighted by molar-refractivity contribution is 7.45. The summed E-state index contributed by atoms with van der Waals surface area (Å²) in [6.07, 6.45) is 45.1. The Morgan fingerprint density at radius 3 is 1.42 bits per heavy atom. The van der Waals surface area contributed by atoms with Crippen LogP contribution in [-0.2, 0) is 18.4 Å². The molecule has 326 valence electrons. The summed E-state index contributed by atoms with van der Waals surface area (Å²) in [5.74, 6) is -0.198. The van der Waals surface area contributed by atoms with Crippen LogP contribution < -0.4 is 10.2 Å². The molecule has 0 saturated carbocycles. The molecule has 55 heavy (non-hydrogen) atoms. The van der Waals surface area contributed by atoms with Crippen molar-refractivity contribution in [2.75, 3.05) is 40.9 Å². The van der Waals surface area contributed by atoms with Crippen molar-refractivity contribution in [1.82, 2.24) is 5.32 Å². The van der Waals surface area contributed by atoms with Crippen LogP contribution in [0, 0.1) is 0 Å². The molecule has 0 aliphatic rings. The van der Waals surface area contributed by atoms with Crippen LogP contribution in [-0.4, -0.2) is 68.5 Å². The van der Waals surface area contributed by atoms with Gasteiger partial charge in [-0.3, -0.25) is 9.36 Å². The Kier molecular flexibility index (Phi) is 37.8. The zero-order valence-electron chi connectivity index (χ0n) is 36.9. The highest BCUT2D eigenvalue weighted by Gasteiger charge is 2.23. The molecule has 2 N–H and O–H groups in total. The molecule has 1 amide bonds. The van der Waals surface area contributed by atoms with Gasteiger partial charge in [0.2, 0.25) is 5.91 Å². The lowest BCUT2D eigenvalue weighted by molar-refractivity contribution is -0.870. The maximum absolute atomic E-state index is 12.9. The van der Waals surface area contributed by atoms with E-state index in [2.05, 4.69) is 31.3 Å². The van der Waals surface area contributed by atoms with Crippen LogP contribution >= 0.6 is 7.82 Å². The SMILES string of the molecule is CCCCCCCC/C=C/CCCCCCCCCCCCCC(=O)N[C@@H](COP(=O)([O-])OCC[N+](C)(C)C)[C@H](O)/C=C/CCCCCCCCCCCC. The van der Waals surface area contributed by atoms with Gasteiger partial charge >= 0.3 is 0 Å². The summed E-state index contributed by atoms with van der Waals surface area (Å²) >= 11 is 0. The van der Waals surface area contributed by atoms with Crippen molar-refractivity contribution >= 4 is 13.7 Å². The van der Waals surface area contributed by atoms with Gasteiger partial charge in [-0.1, -0.05) is 186 Å². The lowest BCUT2D eigenvalue weighted by atomic mass is 10.0. The molecular formula is C46H91N2O6P. The summed E-state index contributed by atoms with van der Waals surface area (Å²) in [5.41, 5.74) is 0. The number of likely N-dealkylation sites (N-methyl/N-ethyl adjacent to an activating group) is 1. The number of carbonyl (C=O) groups excluding carboxylic acids is 1. The molecule has 0 aliphatic carbocycles. The zero-order valence-corrected chi connectivity index (χ0v) is 37.8. The summed E-state index contributed by atoms with van der Waals surface area (Å²) < 4.78 is 23.2. The second kappa shape index (κ2) is 38.5. The second-order valence-corrected chi connectivity index (χ2v) is 18.5. The van der Waals surface area contributed by atoms with Crippen molar-refractivity contribution in [2.45, 2.75) is 225 Å². The van der Waals surface area contributed by atoms with E-state index in [-0.39, 0.29) is 19.1 Å². The number of nitrogens with one attached hydrogen (secondary N) is 1. The number of amides is 1. The number of carbonyl (C=O) groups is 1. The molecule has 0 bridgehead atoms. The third kappa shape index (κ3) is 41.0. The van der Waals surface area contributed by atoms with E-state index in [9.17, 15) is 19.4 Å². The first-order valence-electron chi connectivity index (χ1n) is 23.2. The molecule has 0 radical (unpaired) electrons. The van der Waals surface area contributed by atoms with Crippen molar-refractivity contribution in [2.24, 2.45) is 0 Å². The Hall–Kier alpha value is -1.02. The maximum atomic E-state index is 12.9. The largest absolute Gasteiger partial charge is 0.756 e. The Balaban J connectivity index is 4.29. The van der Waals surface area contributed by atoms with Crippen LogP contribution in [0.1, 0.15) is 213 Å². The topological polar surface area (TPSA) is 108 Å². The number of quaternary nitrogens is 1. The number of aliphatic hydroxyl groups excluding tert-OH is 1. The van der Waals surface area contributed by atoms with Gasteiger partial charge in [0.15, 0.2) is 0 Å². The minimum Gasteiger partial charge on any atom is -0.756 e. The highest BCUT2D eigenvalue weighted by atomic mass is 31.2. The number of aliphatic hydroxyl groups is 1. The Bertz CT molecular complexity index is 953. The molecule has 0 aromatic carbocycles. The molecule has 3 atom stereocenters. The Morgan fingerprint density at radius 2 is 1.00 bits per heavy atom. The number of nitrogens with zero attached hydrogens (tertiary/aromatic N) is 1. The number of rotatable bonds is 42. The number of hydrogen-bond donors (Lipinski definition) is 2. The molecular weight excluding hydrogens is 707 g/mol. The fraction of sp³-hybridized carbons (Fsp3) is 0.891. The third-order valence-corrected chi connectivity index (χ3v) is 11.4. The van der Waals surface area contributed by atoms with E-state index in [0.29, 0.717) is 17.4 Å². The van der Waals surface area contributed by atoms with E-state index in [1.165, 1.54) is 154 Å². The molecule has 0 aliphatic heterocycles. The summed E-state index contributed by atoms with van der Waals surface area (Å²) in [4.78, 5) is 25.3. The van der Waals surface area contributed by atoms with Crippen molar-refractivity contribution in [3.8, 4) is 0 Å². The predicted molar refractivity (Wildman–Crippen MR) is 233 cm³/mol. The highest BCUT2D eigenvalue weighted by Crippen LogP contribution is 2.38. The lowest BCUT2D eigenvalue weighted by Gasteiger charge is -2.29. The summed E-state index contributed by atoms with van der Waals surface area (Å²) in [6.45, 7) is 4.64. The number of unbranched alkanes of at least 4 members (excludes halogenated alkanes) is 27. The monoisotopic (exact) mass is 799 g/mol. The van der Waals surface area contributed by atoms with Gasteiger partial charge in [0.1, 0.15) is 13.2 Å². The quantitative estimate of drug-likeness (QED) is 0.0276. The smallest absolute Gasteiger partial charge is 0.268 e. The van der Waals surface area contributed by atoms with Crippen LogP contribution in [0.25, 0.3) is 0 Å². The van der Waals surface area contributed by atoms with E-state index in [1.807, 2.05) is 27.2 Å². The van der Waals surface area contributed by atoms with Crippen LogP contribution in [0.3, 0.4) is 0 Å². The van der Waals surface area contributed by atoms with Gasteiger partial charge in [-0.15, -0.1) is 0 Å². The molecule has 0 saturated heterocycles. The van der Waals surface area contributed by atoms with Crippen molar-refractivity contribution in [3.63, 3.8) is 0 Å². The molecule has 1 unspecified atom stereocenters. The van der Waals surface area contributed by atoms with E-state index in [4.69, 9.17) is 9.05 Å². The first-order chi connectivity index (χ1) is 26.5. The van der Waals surface area contributed by atoms with Gasteiger partial charge in [0, 0.05) is 6.42 Å². The first kappa shape index (κ1) is 54.0. The second-order valence-electron chi connectivity index (χ2n) is 17.1. The van der Waals surface area contributed by atoms with E-state index >= 15 is 0 Å². The molecule has 0 heterocycles. The zero-order chi connectivity index (χ0) is 40.7. The lowest BCUT2D eigenvalue weighted by Crippen LogP contribution is -2.45. The van der Waals surface area contributed by atoms with Crippen LogP contribution in [0.2, 0.25) is 0 Å². The third-order valence-electron chi connectivity index (χ3n) is 10.4. The number of hydrogen-bond acceptors (Lipinski definition) is 6. The minimum atomic E-state index is -4.58. The Morgan fingerprint density at radius 1 is 0.618 bits per heavy atom. The van der Waals surface area contributed by atoms with Crippen LogP contribution in [0.5, 0.6) is 0 Å². The van der Waals surface area contributed by atoms with Gasteiger partial charge in [0.25, 0.3) is 7.82 Å². The van der Waals surface area contributed by atoms with Crippen LogP contribution in [0.15, 0.2) is 24.3 Å². The first-order valence-corrected chi connectivity index (χ1v) is 24.7. The fourth-order valence-corrected chi connectivity index (χ4v) is 7.40. The molecule has 0 rings (SSSR count). The van der Waals surface area contributed by atoms with Crippen LogP contribution in [0.4, 0.5) is 0 Å².